The van der Waals surface area contributed by atoms with Crippen LogP contribution in [-0.2, 0) is 20.7 Å². The number of carbonyl (C=O) groups excluding carboxylic acids is 2. The minimum absolute atomic E-state index is 0.0591. The van der Waals surface area contributed by atoms with Crippen molar-refractivity contribution in [1.82, 2.24) is 5.32 Å². The minimum atomic E-state index is -0.483. The van der Waals surface area contributed by atoms with E-state index in [0.29, 0.717) is 18.9 Å². The lowest BCUT2D eigenvalue weighted by Crippen LogP contribution is -2.54. The molecule has 154 valence electrons. The van der Waals surface area contributed by atoms with E-state index in [2.05, 4.69) is 17.1 Å². The third kappa shape index (κ3) is 3.99. The van der Waals surface area contributed by atoms with Gasteiger partial charge in [-0.05, 0) is 54.0 Å². The average molecular weight is 422 g/mol. The standard InChI is InChI=1S/C23H23N3O3S/c1-2-16-7-9-18(10-8-16)26-22(28)19(21(27)24-23(26)30)15-17-5-3-4-6-20(17)25-11-13-29-14-12-25/h3-10,15H,2,11-14H2,1H3,(H,24,27,30). The second kappa shape index (κ2) is 8.77. The van der Waals surface area contributed by atoms with E-state index in [0.717, 1.165) is 36.3 Å². The number of ether oxygens (including phenoxy) is 1. The van der Waals surface area contributed by atoms with Crippen LogP contribution in [-0.4, -0.2) is 43.2 Å². The van der Waals surface area contributed by atoms with Gasteiger partial charge in [0.05, 0.1) is 18.9 Å². The number of hydrogen-bond donors (Lipinski definition) is 1. The predicted octanol–water partition coefficient (Wildman–Crippen LogP) is 2.92. The second-order valence-corrected chi connectivity index (χ2v) is 7.52. The number of aryl methyl sites for hydroxylation is 1. The number of rotatable bonds is 4. The molecule has 6 nitrogen and oxygen atoms in total. The number of carbonyl (C=O) groups is 2. The lowest BCUT2D eigenvalue weighted by atomic mass is 10.0. The lowest BCUT2D eigenvalue weighted by Gasteiger charge is -2.31. The fourth-order valence-electron chi connectivity index (χ4n) is 3.63. The van der Waals surface area contributed by atoms with Crippen molar-refractivity contribution in [2.24, 2.45) is 0 Å². The summed E-state index contributed by atoms with van der Waals surface area (Å²) in [6.07, 6.45) is 2.55. The second-order valence-electron chi connectivity index (χ2n) is 7.14. The molecule has 2 aliphatic heterocycles. The molecule has 2 fully saturated rings. The molecule has 0 radical (unpaired) electrons. The zero-order valence-corrected chi connectivity index (χ0v) is 17.6. The van der Waals surface area contributed by atoms with Crippen molar-refractivity contribution in [3.8, 4) is 0 Å². The number of para-hydroxylation sites is 1. The summed E-state index contributed by atoms with van der Waals surface area (Å²) in [6.45, 7) is 4.90. The highest BCUT2D eigenvalue weighted by molar-refractivity contribution is 7.80. The summed E-state index contributed by atoms with van der Waals surface area (Å²) in [5, 5.41) is 2.74. The van der Waals surface area contributed by atoms with Gasteiger partial charge in [-0.2, -0.15) is 0 Å². The van der Waals surface area contributed by atoms with Gasteiger partial charge in [0.1, 0.15) is 5.57 Å². The first kappa shape index (κ1) is 20.3. The summed E-state index contributed by atoms with van der Waals surface area (Å²) in [4.78, 5) is 29.5. The summed E-state index contributed by atoms with van der Waals surface area (Å²) in [5.74, 6) is -0.909. The Kier molecular flexibility index (Phi) is 5.92. The average Bonchev–Trinajstić information content (AvgIpc) is 2.78. The molecule has 2 amide bonds. The van der Waals surface area contributed by atoms with E-state index in [1.54, 1.807) is 6.08 Å². The van der Waals surface area contributed by atoms with E-state index in [1.165, 1.54) is 4.90 Å². The van der Waals surface area contributed by atoms with Crippen molar-refractivity contribution >= 4 is 46.6 Å². The summed E-state index contributed by atoms with van der Waals surface area (Å²) >= 11 is 5.29. The van der Waals surface area contributed by atoms with E-state index in [1.807, 2.05) is 48.5 Å². The molecule has 0 saturated carbocycles. The number of nitrogens with zero attached hydrogens (tertiary/aromatic N) is 2. The molecule has 1 N–H and O–H groups in total. The zero-order valence-electron chi connectivity index (χ0n) is 16.8. The first-order valence-corrected chi connectivity index (χ1v) is 10.4. The maximum absolute atomic E-state index is 13.3. The van der Waals surface area contributed by atoms with E-state index in [-0.39, 0.29) is 10.7 Å². The fourth-order valence-corrected chi connectivity index (χ4v) is 3.91. The summed E-state index contributed by atoms with van der Waals surface area (Å²) in [5.41, 5.74) is 3.64. The van der Waals surface area contributed by atoms with Crippen LogP contribution >= 0.6 is 12.2 Å². The Morgan fingerprint density at radius 1 is 1.07 bits per heavy atom. The van der Waals surface area contributed by atoms with Gasteiger partial charge in [-0.1, -0.05) is 37.3 Å². The topological polar surface area (TPSA) is 61.9 Å². The zero-order chi connectivity index (χ0) is 21.1. The van der Waals surface area contributed by atoms with Gasteiger partial charge >= 0.3 is 0 Å². The van der Waals surface area contributed by atoms with Crippen molar-refractivity contribution in [2.75, 3.05) is 36.1 Å². The van der Waals surface area contributed by atoms with Crippen LogP contribution in [0.25, 0.3) is 6.08 Å². The molecule has 0 aliphatic carbocycles. The maximum Gasteiger partial charge on any atom is 0.270 e. The Labute approximate surface area is 181 Å². The summed E-state index contributed by atoms with van der Waals surface area (Å²) in [6, 6.07) is 15.4. The van der Waals surface area contributed by atoms with Gasteiger partial charge in [-0.15, -0.1) is 0 Å². The number of anilines is 2. The van der Waals surface area contributed by atoms with Gasteiger partial charge in [-0.3, -0.25) is 19.8 Å². The van der Waals surface area contributed by atoms with Gasteiger partial charge in [0.15, 0.2) is 5.11 Å². The van der Waals surface area contributed by atoms with Crippen LogP contribution in [0.5, 0.6) is 0 Å². The maximum atomic E-state index is 13.3. The Hall–Kier alpha value is -3.03. The highest BCUT2D eigenvalue weighted by atomic mass is 32.1. The van der Waals surface area contributed by atoms with Gasteiger partial charge in [0, 0.05) is 18.8 Å². The smallest absolute Gasteiger partial charge is 0.270 e. The Balaban J connectivity index is 1.69. The normalized spacial score (nSPS) is 18.7. The largest absolute Gasteiger partial charge is 0.378 e. The molecular formula is C23H23N3O3S. The molecule has 0 aromatic heterocycles. The predicted molar refractivity (Wildman–Crippen MR) is 121 cm³/mol. The molecule has 0 spiro atoms. The summed E-state index contributed by atoms with van der Waals surface area (Å²) in [7, 11) is 0. The van der Waals surface area contributed by atoms with E-state index in [9.17, 15) is 9.59 Å². The highest BCUT2D eigenvalue weighted by Gasteiger charge is 2.34. The molecule has 0 atom stereocenters. The number of morpholine rings is 1. The molecule has 4 rings (SSSR count). The fraction of sp³-hybridized carbons (Fsp3) is 0.261. The van der Waals surface area contributed by atoms with Crippen LogP contribution in [0, 0.1) is 0 Å². The Morgan fingerprint density at radius 3 is 2.47 bits per heavy atom. The molecule has 2 aromatic rings. The SMILES string of the molecule is CCc1ccc(N2C(=O)C(=Cc3ccccc3N3CCOCC3)C(=O)NC2=S)cc1. The lowest BCUT2D eigenvalue weighted by molar-refractivity contribution is -0.122. The van der Waals surface area contributed by atoms with Gasteiger partial charge in [-0.25, -0.2) is 0 Å². The molecule has 2 heterocycles. The van der Waals surface area contributed by atoms with Gasteiger partial charge in [0.25, 0.3) is 11.8 Å². The van der Waals surface area contributed by atoms with E-state index in [4.69, 9.17) is 17.0 Å². The number of amides is 2. The van der Waals surface area contributed by atoms with Crippen LogP contribution in [0.15, 0.2) is 54.1 Å². The third-order valence-corrected chi connectivity index (χ3v) is 5.58. The van der Waals surface area contributed by atoms with Crippen LogP contribution in [0.1, 0.15) is 18.1 Å². The third-order valence-electron chi connectivity index (χ3n) is 5.29. The van der Waals surface area contributed by atoms with Crippen molar-refractivity contribution in [3.05, 3.63) is 65.2 Å². The molecular weight excluding hydrogens is 398 g/mol. The first-order chi connectivity index (χ1) is 14.6. The molecule has 2 saturated heterocycles. The quantitative estimate of drug-likeness (QED) is 0.467. The van der Waals surface area contributed by atoms with Crippen LogP contribution in [0.2, 0.25) is 0 Å². The van der Waals surface area contributed by atoms with Crippen molar-refractivity contribution < 1.29 is 14.3 Å². The molecule has 0 unspecified atom stereocenters. The number of benzene rings is 2. The van der Waals surface area contributed by atoms with E-state index < -0.39 is 11.8 Å². The first-order valence-electron chi connectivity index (χ1n) is 10.0. The molecule has 0 bridgehead atoms. The van der Waals surface area contributed by atoms with Crippen molar-refractivity contribution in [3.63, 3.8) is 0 Å². The van der Waals surface area contributed by atoms with Crippen LogP contribution in [0.4, 0.5) is 11.4 Å². The van der Waals surface area contributed by atoms with Crippen molar-refractivity contribution in [2.45, 2.75) is 13.3 Å². The molecule has 2 aromatic carbocycles. The van der Waals surface area contributed by atoms with Gasteiger partial charge in [0.2, 0.25) is 0 Å². The summed E-state index contributed by atoms with van der Waals surface area (Å²) < 4.78 is 5.44. The molecule has 7 heteroatoms. The number of thiocarbonyl (C=S) groups is 1. The monoisotopic (exact) mass is 421 g/mol. The van der Waals surface area contributed by atoms with Crippen molar-refractivity contribution in [1.29, 1.82) is 0 Å². The number of nitrogens with one attached hydrogen (secondary N) is 1. The highest BCUT2D eigenvalue weighted by Crippen LogP contribution is 2.27. The van der Waals surface area contributed by atoms with Crippen LogP contribution < -0.4 is 15.1 Å². The molecule has 30 heavy (non-hydrogen) atoms. The van der Waals surface area contributed by atoms with Crippen LogP contribution in [0.3, 0.4) is 0 Å². The number of hydrogen-bond acceptors (Lipinski definition) is 5. The Morgan fingerprint density at radius 2 is 1.77 bits per heavy atom. The van der Waals surface area contributed by atoms with E-state index >= 15 is 0 Å². The molecule has 2 aliphatic rings. The minimum Gasteiger partial charge on any atom is -0.378 e. The van der Waals surface area contributed by atoms with Gasteiger partial charge < -0.3 is 9.64 Å². The Bertz CT molecular complexity index is 1010.